The molecule has 0 aromatic rings. The first-order chi connectivity index (χ1) is 19.7. The van der Waals surface area contributed by atoms with E-state index in [2.05, 4.69) is 30.7 Å². The highest BCUT2D eigenvalue weighted by Gasteiger charge is 2.13. The van der Waals surface area contributed by atoms with E-state index in [1.807, 2.05) is 0 Å². The van der Waals surface area contributed by atoms with E-state index in [0.717, 1.165) is 32.5 Å². The van der Waals surface area contributed by atoms with Gasteiger partial charge in [-0.3, -0.25) is 9.79 Å². The lowest BCUT2D eigenvalue weighted by Crippen LogP contribution is -2.27. The molecule has 0 aromatic heterocycles. The van der Waals surface area contributed by atoms with Crippen molar-refractivity contribution >= 4 is 11.8 Å². The summed E-state index contributed by atoms with van der Waals surface area (Å²) < 4.78 is 0. The predicted octanol–water partition coefficient (Wildman–Crippen LogP) is 11.9. The highest BCUT2D eigenvalue weighted by Crippen LogP contribution is 2.15. The van der Waals surface area contributed by atoms with Crippen LogP contribution in [0.2, 0.25) is 0 Å². The van der Waals surface area contributed by atoms with Crippen LogP contribution < -0.4 is 6.15 Å². The van der Waals surface area contributed by atoms with Crippen molar-refractivity contribution in [1.82, 2.24) is 11.1 Å². The van der Waals surface area contributed by atoms with Crippen molar-refractivity contribution in [3.05, 3.63) is 0 Å². The first kappa shape index (κ1) is 42.0. The quantitative estimate of drug-likeness (QED) is 0.0860. The maximum absolute atomic E-state index is 10.3. The van der Waals surface area contributed by atoms with E-state index < -0.39 is 5.97 Å². The molecular formula is C36H75N3O2. The number of aliphatic carboxylic acids is 1. The molecule has 4 N–H and O–H groups in total. The number of hydrogen-bond acceptors (Lipinski definition) is 4. The second kappa shape index (κ2) is 35.1. The van der Waals surface area contributed by atoms with Gasteiger partial charge in [-0.15, -0.1) is 0 Å². The van der Waals surface area contributed by atoms with Crippen LogP contribution in [-0.4, -0.2) is 41.4 Å². The molecule has 0 saturated carbocycles. The zero-order chi connectivity index (χ0) is 29.4. The molecule has 1 aliphatic rings. The maximum atomic E-state index is 10.3. The Balaban J connectivity index is 0. The van der Waals surface area contributed by atoms with Crippen LogP contribution >= 0.6 is 0 Å². The lowest BCUT2D eigenvalue weighted by molar-refractivity contribution is -0.137. The predicted molar refractivity (Wildman–Crippen MR) is 183 cm³/mol. The SMILES string of the molecule is CCCCCCCCCCCCCC1=NCCN1CC.CCCCCCCCCCCCCCCCCC(=O)O.N. The summed E-state index contributed by atoms with van der Waals surface area (Å²) in [5.74, 6) is 0.725. The van der Waals surface area contributed by atoms with Crippen LogP contribution in [-0.2, 0) is 4.79 Å². The average Bonchev–Trinajstić information content (AvgIpc) is 3.41. The van der Waals surface area contributed by atoms with Crippen molar-refractivity contribution in [2.45, 2.75) is 201 Å². The lowest BCUT2D eigenvalue weighted by Gasteiger charge is -2.17. The number of carbonyl (C=O) groups is 1. The summed E-state index contributed by atoms with van der Waals surface area (Å²) in [4.78, 5) is 17.4. The molecule has 5 heteroatoms. The van der Waals surface area contributed by atoms with Gasteiger partial charge in [-0.2, -0.15) is 0 Å². The van der Waals surface area contributed by atoms with Crippen LogP contribution in [0.4, 0.5) is 0 Å². The van der Waals surface area contributed by atoms with E-state index in [-0.39, 0.29) is 6.15 Å². The molecule has 0 aromatic carbocycles. The number of rotatable bonds is 29. The molecule has 1 rings (SSSR count). The number of amidine groups is 1. The smallest absolute Gasteiger partial charge is 0.303 e. The van der Waals surface area contributed by atoms with Crippen LogP contribution in [0.1, 0.15) is 201 Å². The summed E-state index contributed by atoms with van der Waals surface area (Å²) in [5.41, 5.74) is 0. The van der Waals surface area contributed by atoms with Crippen molar-refractivity contribution in [1.29, 1.82) is 0 Å². The van der Waals surface area contributed by atoms with E-state index in [0.29, 0.717) is 6.42 Å². The Morgan fingerprint density at radius 1 is 0.585 bits per heavy atom. The highest BCUT2D eigenvalue weighted by molar-refractivity contribution is 5.83. The first-order valence-electron chi connectivity index (χ1n) is 18.2. The van der Waals surface area contributed by atoms with Gasteiger partial charge in [-0.05, 0) is 19.8 Å². The Hall–Kier alpha value is -1.10. The zero-order valence-electron chi connectivity index (χ0n) is 28.4. The fourth-order valence-corrected chi connectivity index (χ4v) is 5.70. The van der Waals surface area contributed by atoms with Crippen molar-refractivity contribution in [3.8, 4) is 0 Å². The number of nitrogens with zero attached hydrogens (tertiary/aromatic N) is 2. The average molecular weight is 582 g/mol. The molecule has 5 nitrogen and oxygen atoms in total. The van der Waals surface area contributed by atoms with Gasteiger partial charge >= 0.3 is 5.97 Å². The molecule has 0 radical (unpaired) electrons. The van der Waals surface area contributed by atoms with Gasteiger partial charge in [0.25, 0.3) is 0 Å². The first-order valence-corrected chi connectivity index (χ1v) is 18.2. The molecule has 0 atom stereocenters. The van der Waals surface area contributed by atoms with Gasteiger partial charge in [-0.1, -0.05) is 168 Å². The number of likely N-dealkylation sites (N-methyl/N-ethyl adjacent to an activating group) is 1. The monoisotopic (exact) mass is 582 g/mol. The third kappa shape index (κ3) is 31.7. The summed E-state index contributed by atoms with van der Waals surface area (Å²) in [6, 6.07) is 0. The molecule has 0 spiro atoms. The second-order valence-corrected chi connectivity index (χ2v) is 12.3. The lowest BCUT2D eigenvalue weighted by atomic mass is 10.0. The molecule has 1 heterocycles. The third-order valence-electron chi connectivity index (χ3n) is 8.41. The Kier molecular flexibility index (Phi) is 36.0. The molecule has 0 amide bonds. The van der Waals surface area contributed by atoms with Crippen molar-refractivity contribution < 1.29 is 9.90 Å². The third-order valence-corrected chi connectivity index (χ3v) is 8.41. The van der Waals surface area contributed by atoms with E-state index in [1.54, 1.807) is 0 Å². The minimum atomic E-state index is -0.653. The van der Waals surface area contributed by atoms with Crippen LogP contribution in [0.5, 0.6) is 0 Å². The number of aliphatic imine (C=N–C) groups is 1. The summed E-state index contributed by atoms with van der Waals surface area (Å²) in [7, 11) is 0. The van der Waals surface area contributed by atoms with Crippen LogP contribution in [0.3, 0.4) is 0 Å². The molecule has 0 saturated heterocycles. The standard InChI is InChI=1S/C18H36N2.C18H36O2.H3N/c1-3-5-6-7-8-9-10-11-12-13-14-15-18-19-16-17-20(18)4-2;1-2-3-4-5-6-7-8-9-10-11-12-13-14-15-16-17-18(19)20;/h3-17H2,1-2H3;2-17H2,1H3,(H,19,20);1H3. The van der Waals surface area contributed by atoms with Gasteiger partial charge in [0.15, 0.2) is 0 Å². The molecule has 41 heavy (non-hydrogen) atoms. The number of hydrogen-bond donors (Lipinski definition) is 2. The summed E-state index contributed by atoms with van der Waals surface area (Å²) >= 11 is 0. The Bertz CT molecular complexity index is 553. The Labute approximate surface area is 257 Å². The fourth-order valence-electron chi connectivity index (χ4n) is 5.70. The van der Waals surface area contributed by atoms with Gasteiger partial charge in [0.1, 0.15) is 0 Å². The van der Waals surface area contributed by atoms with Gasteiger partial charge in [0.2, 0.25) is 0 Å². The minimum Gasteiger partial charge on any atom is -0.481 e. The van der Waals surface area contributed by atoms with E-state index in [4.69, 9.17) is 5.11 Å². The fraction of sp³-hybridized carbons (Fsp3) is 0.944. The number of carboxylic acid groups (broad SMARTS) is 1. The van der Waals surface area contributed by atoms with Crippen molar-refractivity contribution in [2.75, 3.05) is 19.6 Å². The summed E-state index contributed by atoms with van der Waals surface area (Å²) in [6.45, 7) is 10.1. The van der Waals surface area contributed by atoms with E-state index >= 15 is 0 Å². The van der Waals surface area contributed by atoms with Gasteiger partial charge in [0.05, 0.1) is 12.4 Å². The molecular weight excluding hydrogens is 506 g/mol. The molecule has 0 aliphatic carbocycles. The van der Waals surface area contributed by atoms with Crippen molar-refractivity contribution in [2.24, 2.45) is 4.99 Å². The van der Waals surface area contributed by atoms with E-state index in [9.17, 15) is 4.79 Å². The minimum absolute atomic E-state index is 0. The summed E-state index contributed by atoms with van der Waals surface area (Å²) in [5, 5.41) is 8.52. The van der Waals surface area contributed by atoms with Gasteiger partial charge < -0.3 is 16.2 Å². The number of unbranched alkanes of at least 4 members (excludes halogenated alkanes) is 24. The van der Waals surface area contributed by atoms with Crippen LogP contribution in [0.15, 0.2) is 4.99 Å². The maximum Gasteiger partial charge on any atom is 0.303 e. The molecule has 0 unspecified atom stereocenters. The highest BCUT2D eigenvalue weighted by atomic mass is 16.4. The molecule has 1 aliphatic heterocycles. The second-order valence-electron chi connectivity index (χ2n) is 12.3. The molecule has 0 fully saturated rings. The topological polar surface area (TPSA) is 87.9 Å². The Morgan fingerprint density at radius 3 is 1.27 bits per heavy atom. The molecule has 246 valence electrons. The zero-order valence-corrected chi connectivity index (χ0v) is 28.4. The van der Waals surface area contributed by atoms with Crippen LogP contribution in [0, 0.1) is 0 Å². The van der Waals surface area contributed by atoms with Gasteiger partial charge in [0, 0.05) is 25.9 Å². The van der Waals surface area contributed by atoms with Crippen LogP contribution in [0.25, 0.3) is 0 Å². The van der Waals surface area contributed by atoms with Crippen molar-refractivity contribution in [3.63, 3.8) is 0 Å². The Morgan fingerprint density at radius 2 is 0.927 bits per heavy atom. The number of carboxylic acids is 1. The normalized spacial score (nSPS) is 12.6. The summed E-state index contributed by atoms with van der Waals surface area (Å²) in [6.07, 6.45) is 37.1. The molecule has 0 bridgehead atoms. The largest absolute Gasteiger partial charge is 0.481 e. The van der Waals surface area contributed by atoms with E-state index in [1.165, 1.54) is 166 Å². The van der Waals surface area contributed by atoms with Gasteiger partial charge in [-0.25, -0.2) is 0 Å².